The molecule has 0 aliphatic rings. The van der Waals surface area contributed by atoms with Gasteiger partial charge in [0, 0.05) is 6.42 Å². The lowest BCUT2D eigenvalue weighted by atomic mass is 10.1. The van der Waals surface area contributed by atoms with Crippen LogP contribution in [-0.4, -0.2) is 19.4 Å². The summed E-state index contributed by atoms with van der Waals surface area (Å²) in [6.07, 6.45) is 11.2. The molecule has 116 valence electrons. The Bertz CT molecular complexity index is 261. The summed E-state index contributed by atoms with van der Waals surface area (Å²) < 4.78 is 9.86. The molecule has 0 aromatic carbocycles. The fourth-order valence-corrected chi connectivity index (χ4v) is 1.89. The van der Waals surface area contributed by atoms with Gasteiger partial charge in [0.15, 0.2) is 0 Å². The summed E-state index contributed by atoms with van der Waals surface area (Å²) in [6.45, 7) is 3.02. The third-order valence-electron chi connectivity index (χ3n) is 3.12. The second-order valence-electron chi connectivity index (χ2n) is 5.04. The van der Waals surface area contributed by atoms with Gasteiger partial charge in [0.2, 0.25) is 0 Å². The molecule has 0 unspecified atom stereocenters. The minimum Gasteiger partial charge on any atom is -0.434 e. The summed E-state index contributed by atoms with van der Waals surface area (Å²) in [4.78, 5) is 11.2. The molecule has 0 heterocycles. The summed E-state index contributed by atoms with van der Waals surface area (Å²) in [5.74, 6) is 0. The van der Waals surface area contributed by atoms with Crippen LogP contribution in [0.1, 0.15) is 77.6 Å². The van der Waals surface area contributed by atoms with Crippen LogP contribution in [0.3, 0.4) is 0 Å². The Morgan fingerprint density at radius 3 is 1.90 bits per heavy atom. The number of rotatable bonds is 13. The van der Waals surface area contributed by atoms with Crippen LogP contribution in [0.4, 0.5) is 4.79 Å². The first-order valence-electron chi connectivity index (χ1n) is 7.97. The van der Waals surface area contributed by atoms with Crippen molar-refractivity contribution >= 4 is 6.16 Å². The zero-order chi connectivity index (χ0) is 14.9. The summed E-state index contributed by atoms with van der Waals surface area (Å²) >= 11 is 0. The van der Waals surface area contributed by atoms with Crippen molar-refractivity contribution < 1.29 is 14.3 Å². The lowest BCUT2D eigenvalue weighted by Crippen LogP contribution is -2.09. The lowest BCUT2D eigenvalue weighted by Gasteiger charge is -2.05. The minimum absolute atomic E-state index is 0.345. The van der Waals surface area contributed by atoms with Gasteiger partial charge in [0.1, 0.15) is 0 Å². The van der Waals surface area contributed by atoms with E-state index < -0.39 is 6.16 Å². The first-order valence-corrected chi connectivity index (χ1v) is 7.97. The van der Waals surface area contributed by atoms with E-state index in [-0.39, 0.29) is 0 Å². The molecule has 0 spiro atoms. The maximum absolute atomic E-state index is 11.2. The highest BCUT2D eigenvalue weighted by molar-refractivity contribution is 5.59. The third kappa shape index (κ3) is 14.8. The Kier molecular flexibility index (Phi) is 14.8. The third-order valence-corrected chi connectivity index (χ3v) is 3.12. The smallest absolute Gasteiger partial charge is 0.434 e. The molecular weight excluding hydrogens is 254 g/mol. The number of carbonyl (C=O) groups is 1. The monoisotopic (exact) mass is 283 g/mol. The summed E-state index contributed by atoms with van der Waals surface area (Å²) in [5, 5.41) is 8.34. The van der Waals surface area contributed by atoms with E-state index in [1.165, 1.54) is 38.5 Å². The van der Waals surface area contributed by atoms with Crippen LogP contribution in [0.15, 0.2) is 0 Å². The predicted molar refractivity (Wildman–Crippen MR) is 79.4 cm³/mol. The van der Waals surface area contributed by atoms with E-state index in [4.69, 9.17) is 14.7 Å². The topological polar surface area (TPSA) is 59.3 Å². The SMILES string of the molecule is CCCCCCCCCCOC(=O)OCCCCC#N. The quantitative estimate of drug-likeness (QED) is 0.353. The largest absolute Gasteiger partial charge is 0.508 e. The lowest BCUT2D eigenvalue weighted by molar-refractivity contribution is 0.0531. The van der Waals surface area contributed by atoms with Crippen molar-refractivity contribution in [1.82, 2.24) is 0 Å². The van der Waals surface area contributed by atoms with Gasteiger partial charge in [-0.2, -0.15) is 5.26 Å². The van der Waals surface area contributed by atoms with Crippen LogP contribution < -0.4 is 0 Å². The van der Waals surface area contributed by atoms with Gasteiger partial charge in [0.25, 0.3) is 0 Å². The molecule has 0 aromatic heterocycles. The number of nitrogens with zero attached hydrogens (tertiary/aromatic N) is 1. The van der Waals surface area contributed by atoms with Crippen LogP contribution in [0.2, 0.25) is 0 Å². The van der Waals surface area contributed by atoms with Gasteiger partial charge in [-0.15, -0.1) is 0 Å². The molecule has 20 heavy (non-hydrogen) atoms. The van der Waals surface area contributed by atoms with E-state index in [0.29, 0.717) is 19.6 Å². The van der Waals surface area contributed by atoms with Crippen molar-refractivity contribution in [2.45, 2.75) is 77.6 Å². The van der Waals surface area contributed by atoms with Gasteiger partial charge in [0.05, 0.1) is 19.3 Å². The van der Waals surface area contributed by atoms with Crippen molar-refractivity contribution in [3.63, 3.8) is 0 Å². The molecule has 0 atom stereocenters. The number of ether oxygens (including phenoxy) is 2. The van der Waals surface area contributed by atoms with Crippen LogP contribution in [0.25, 0.3) is 0 Å². The number of nitriles is 1. The average Bonchev–Trinajstić information content (AvgIpc) is 2.45. The fraction of sp³-hybridized carbons (Fsp3) is 0.875. The van der Waals surface area contributed by atoms with Crippen LogP contribution >= 0.6 is 0 Å². The van der Waals surface area contributed by atoms with Gasteiger partial charge in [-0.25, -0.2) is 4.79 Å². The van der Waals surface area contributed by atoms with Crippen LogP contribution in [-0.2, 0) is 9.47 Å². The van der Waals surface area contributed by atoms with E-state index in [2.05, 4.69) is 13.0 Å². The van der Waals surface area contributed by atoms with Crippen molar-refractivity contribution in [2.75, 3.05) is 13.2 Å². The minimum atomic E-state index is -0.579. The second-order valence-corrected chi connectivity index (χ2v) is 5.04. The number of carbonyl (C=O) groups excluding carboxylic acids is 1. The molecule has 0 fully saturated rings. The first kappa shape index (κ1) is 18.8. The number of hydrogen-bond acceptors (Lipinski definition) is 4. The molecule has 0 saturated heterocycles. The molecule has 0 rings (SSSR count). The summed E-state index contributed by atoms with van der Waals surface area (Å²) in [5.41, 5.74) is 0. The molecule has 0 aliphatic carbocycles. The molecule has 4 nitrogen and oxygen atoms in total. The van der Waals surface area contributed by atoms with E-state index >= 15 is 0 Å². The van der Waals surface area contributed by atoms with Gasteiger partial charge in [-0.05, 0) is 19.3 Å². The molecule has 0 aromatic rings. The number of hydrogen-bond donors (Lipinski definition) is 0. The van der Waals surface area contributed by atoms with E-state index in [1.807, 2.05) is 0 Å². The van der Waals surface area contributed by atoms with Gasteiger partial charge >= 0.3 is 6.16 Å². The highest BCUT2D eigenvalue weighted by Crippen LogP contribution is 2.08. The molecule has 4 heteroatoms. The maximum Gasteiger partial charge on any atom is 0.508 e. The highest BCUT2D eigenvalue weighted by Gasteiger charge is 2.02. The molecular formula is C16H29NO3. The Morgan fingerprint density at radius 1 is 0.850 bits per heavy atom. The predicted octanol–water partition coefficient (Wildman–Crippen LogP) is 4.97. The van der Waals surface area contributed by atoms with Crippen molar-refractivity contribution in [3.8, 4) is 6.07 Å². The summed E-state index contributed by atoms with van der Waals surface area (Å²) in [6, 6.07) is 2.05. The zero-order valence-electron chi connectivity index (χ0n) is 12.9. The van der Waals surface area contributed by atoms with Crippen LogP contribution in [0.5, 0.6) is 0 Å². The normalized spacial score (nSPS) is 10.0. The molecule has 0 aliphatic heterocycles. The average molecular weight is 283 g/mol. The fourth-order valence-electron chi connectivity index (χ4n) is 1.89. The first-order chi connectivity index (χ1) is 9.81. The second kappa shape index (κ2) is 15.8. The molecule has 0 amide bonds. The van der Waals surface area contributed by atoms with Crippen molar-refractivity contribution in [1.29, 1.82) is 5.26 Å². The van der Waals surface area contributed by atoms with Crippen molar-refractivity contribution in [2.24, 2.45) is 0 Å². The molecule has 0 bridgehead atoms. The van der Waals surface area contributed by atoms with Gasteiger partial charge < -0.3 is 9.47 Å². The van der Waals surface area contributed by atoms with E-state index in [9.17, 15) is 4.79 Å². The zero-order valence-corrected chi connectivity index (χ0v) is 12.9. The van der Waals surface area contributed by atoms with Gasteiger partial charge in [-0.1, -0.05) is 51.9 Å². The van der Waals surface area contributed by atoms with Gasteiger partial charge in [-0.3, -0.25) is 0 Å². The Morgan fingerprint density at radius 2 is 1.35 bits per heavy atom. The van der Waals surface area contributed by atoms with Crippen molar-refractivity contribution in [3.05, 3.63) is 0 Å². The molecule has 0 saturated carbocycles. The Balaban J connectivity index is 3.13. The maximum atomic E-state index is 11.2. The Hall–Kier alpha value is -1.24. The highest BCUT2D eigenvalue weighted by atomic mass is 16.7. The number of unbranched alkanes of at least 4 members (excludes halogenated alkanes) is 9. The van der Waals surface area contributed by atoms with E-state index in [1.54, 1.807) is 0 Å². The molecule has 0 N–H and O–H groups in total. The van der Waals surface area contributed by atoms with Crippen LogP contribution in [0, 0.1) is 11.3 Å². The van der Waals surface area contributed by atoms with E-state index in [0.717, 1.165) is 25.7 Å². The summed E-state index contributed by atoms with van der Waals surface area (Å²) in [7, 11) is 0. The standard InChI is InChI=1S/C16H29NO3/c1-2-3-4-5-6-7-8-11-14-19-16(18)20-15-12-9-10-13-17/h2-12,14-15H2,1H3. The molecule has 0 radical (unpaired) electrons. The Labute approximate surface area is 123 Å².